The van der Waals surface area contributed by atoms with Gasteiger partial charge in [0.1, 0.15) is 5.75 Å². The van der Waals surface area contributed by atoms with Crippen LogP contribution in [0, 0.1) is 0 Å². The van der Waals surface area contributed by atoms with E-state index in [0.29, 0.717) is 17.0 Å². The van der Waals surface area contributed by atoms with Crippen molar-refractivity contribution < 1.29 is 22.4 Å². The zero-order valence-electron chi connectivity index (χ0n) is 14.7. The number of hydrogen-bond acceptors (Lipinski definition) is 8. The number of anilines is 1. The van der Waals surface area contributed by atoms with Crippen LogP contribution in [0.25, 0.3) is 11.5 Å². The smallest absolute Gasteiger partial charge is 0.277 e. The van der Waals surface area contributed by atoms with Crippen LogP contribution in [0.3, 0.4) is 0 Å². The summed E-state index contributed by atoms with van der Waals surface area (Å²) < 4.78 is 37.9. The number of amides is 1. The van der Waals surface area contributed by atoms with Gasteiger partial charge < -0.3 is 14.9 Å². The van der Waals surface area contributed by atoms with Crippen LogP contribution in [-0.2, 0) is 14.8 Å². The van der Waals surface area contributed by atoms with Crippen LogP contribution in [0.1, 0.15) is 0 Å². The van der Waals surface area contributed by atoms with Crippen molar-refractivity contribution in [1.29, 1.82) is 0 Å². The molecule has 3 aromatic rings. The van der Waals surface area contributed by atoms with E-state index in [0.717, 1.165) is 11.8 Å². The molecule has 0 saturated heterocycles. The first-order chi connectivity index (χ1) is 13.4. The number of methoxy groups -OCH3 is 1. The van der Waals surface area contributed by atoms with Crippen molar-refractivity contribution in [3.63, 3.8) is 0 Å². The van der Waals surface area contributed by atoms with Crippen LogP contribution in [0.2, 0.25) is 0 Å². The number of nitrogens with one attached hydrogen (secondary N) is 1. The van der Waals surface area contributed by atoms with Crippen LogP contribution >= 0.6 is 11.8 Å². The summed E-state index contributed by atoms with van der Waals surface area (Å²) in [4.78, 5) is 10.9. The first-order valence-corrected chi connectivity index (χ1v) is 10.4. The molecule has 0 fully saturated rings. The summed E-state index contributed by atoms with van der Waals surface area (Å²) in [5.41, 5.74) is 6.05. The number of benzene rings is 2. The molecule has 28 heavy (non-hydrogen) atoms. The molecule has 3 rings (SSSR count). The molecule has 0 saturated carbocycles. The third-order valence-electron chi connectivity index (χ3n) is 3.50. The first kappa shape index (κ1) is 19.7. The highest BCUT2D eigenvalue weighted by molar-refractivity contribution is 7.99. The normalized spacial score (nSPS) is 11.2. The minimum absolute atomic E-state index is 0.0354. The van der Waals surface area contributed by atoms with E-state index >= 15 is 0 Å². The molecule has 0 aliphatic heterocycles. The fraction of sp³-hybridized carbons (Fsp3) is 0.118. The Hall–Kier alpha value is -3.05. The van der Waals surface area contributed by atoms with Crippen molar-refractivity contribution in [3.05, 3.63) is 48.5 Å². The number of hydrogen-bond donors (Lipinski definition) is 2. The third-order valence-corrected chi connectivity index (χ3v) is 5.74. The number of carbonyl (C=O) groups is 1. The summed E-state index contributed by atoms with van der Waals surface area (Å²) in [5, 5.41) is 7.93. The average Bonchev–Trinajstić information content (AvgIpc) is 3.16. The Morgan fingerprint density at radius 3 is 2.43 bits per heavy atom. The van der Waals surface area contributed by atoms with Gasteiger partial charge in [0.25, 0.3) is 15.2 Å². The summed E-state index contributed by atoms with van der Waals surface area (Å²) in [7, 11) is -2.23. The lowest BCUT2D eigenvalue weighted by molar-refractivity contribution is -0.115. The standard InChI is InChI=1S/C17H16N4O5S2/c1-25-13-6-8-14(9-7-13)28(23,24)21-12-4-2-11(3-5-12)16-19-20-17(26-16)27-10-15(18)22/h2-9,21H,10H2,1H3,(H2,18,22). The van der Waals surface area contributed by atoms with Gasteiger partial charge in [0.15, 0.2) is 0 Å². The Bertz CT molecular complexity index is 1060. The predicted octanol–water partition coefficient (Wildman–Crippen LogP) is 2.12. The Labute approximate surface area is 165 Å². The molecule has 0 atom stereocenters. The maximum Gasteiger partial charge on any atom is 0.277 e. The molecule has 2 aromatic carbocycles. The zero-order valence-corrected chi connectivity index (χ0v) is 16.3. The number of nitrogens with two attached hydrogens (primary N) is 1. The Morgan fingerprint density at radius 2 is 1.82 bits per heavy atom. The molecule has 1 heterocycles. The number of thioether (sulfide) groups is 1. The molecule has 0 spiro atoms. The number of carbonyl (C=O) groups excluding carboxylic acids is 1. The average molecular weight is 420 g/mol. The first-order valence-electron chi connectivity index (χ1n) is 7.89. The van der Waals surface area contributed by atoms with Gasteiger partial charge >= 0.3 is 0 Å². The van der Waals surface area contributed by atoms with Crippen LogP contribution < -0.4 is 15.2 Å². The predicted molar refractivity (Wildman–Crippen MR) is 103 cm³/mol. The summed E-state index contributed by atoms with van der Waals surface area (Å²) in [5.74, 6) is 0.360. The van der Waals surface area contributed by atoms with E-state index < -0.39 is 15.9 Å². The maximum atomic E-state index is 12.5. The van der Waals surface area contributed by atoms with E-state index in [1.54, 1.807) is 36.4 Å². The van der Waals surface area contributed by atoms with Crippen LogP contribution in [0.4, 0.5) is 5.69 Å². The topological polar surface area (TPSA) is 137 Å². The largest absolute Gasteiger partial charge is 0.497 e. The van der Waals surface area contributed by atoms with Crippen molar-refractivity contribution >= 4 is 33.4 Å². The Morgan fingerprint density at radius 1 is 1.14 bits per heavy atom. The summed E-state index contributed by atoms with van der Waals surface area (Å²) in [6.07, 6.45) is 0. The van der Waals surface area contributed by atoms with Gasteiger partial charge in [0.2, 0.25) is 11.8 Å². The van der Waals surface area contributed by atoms with Gasteiger partial charge in [-0.1, -0.05) is 11.8 Å². The van der Waals surface area contributed by atoms with Crippen LogP contribution in [0.5, 0.6) is 5.75 Å². The summed E-state index contributed by atoms with van der Waals surface area (Å²) in [6.45, 7) is 0. The lowest BCUT2D eigenvalue weighted by Crippen LogP contribution is -2.12. The van der Waals surface area contributed by atoms with E-state index in [2.05, 4.69) is 14.9 Å². The van der Waals surface area contributed by atoms with Gasteiger partial charge in [-0.05, 0) is 48.5 Å². The van der Waals surface area contributed by atoms with Crippen LogP contribution in [-0.4, -0.2) is 37.4 Å². The van der Waals surface area contributed by atoms with Gasteiger partial charge in [-0.2, -0.15) is 0 Å². The van der Waals surface area contributed by atoms with E-state index in [1.165, 1.54) is 19.2 Å². The molecule has 3 N–H and O–H groups in total. The van der Waals surface area contributed by atoms with Gasteiger partial charge in [-0.15, -0.1) is 10.2 Å². The number of primary amides is 1. The number of aromatic nitrogens is 2. The van der Waals surface area contributed by atoms with Crippen molar-refractivity contribution in [2.45, 2.75) is 10.1 Å². The molecular formula is C17H16N4O5S2. The van der Waals surface area contributed by atoms with Crippen molar-refractivity contribution in [1.82, 2.24) is 10.2 Å². The molecule has 11 heteroatoms. The summed E-state index contributed by atoms with van der Waals surface area (Å²) in [6, 6.07) is 12.5. The highest BCUT2D eigenvalue weighted by atomic mass is 32.2. The minimum atomic E-state index is -3.73. The molecule has 146 valence electrons. The highest BCUT2D eigenvalue weighted by Gasteiger charge is 2.15. The number of nitrogens with zero attached hydrogens (tertiary/aromatic N) is 2. The second-order valence-electron chi connectivity index (χ2n) is 5.49. The molecule has 0 bridgehead atoms. The maximum absolute atomic E-state index is 12.5. The minimum Gasteiger partial charge on any atom is -0.497 e. The number of ether oxygens (including phenoxy) is 1. The van der Waals surface area contributed by atoms with E-state index in [9.17, 15) is 13.2 Å². The Balaban J connectivity index is 1.71. The SMILES string of the molecule is COc1ccc(S(=O)(=O)Nc2ccc(-c3nnc(SCC(N)=O)o3)cc2)cc1. The lowest BCUT2D eigenvalue weighted by Gasteiger charge is -2.09. The van der Waals surface area contributed by atoms with Gasteiger partial charge in [0, 0.05) is 11.3 Å². The van der Waals surface area contributed by atoms with Crippen molar-refractivity contribution in [3.8, 4) is 17.2 Å². The van der Waals surface area contributed by atoms with Gasteiger partial charge in [-0.25, -0.2) is 8.42 Å². The number of rotatable bonds is 8. The monoisotopic (exact) mass is 420 g/mol. The lowest BCUT2D eigenvalue weighted by atomic mass is 10.2. The molecule has 0 unspecified atom stereocenters. The fourth-order valence-electron chi connectivity index (χ4n) is 2.17. The highest BCUT2D eigenvalue weighted by Crippen LogP contribution is 2.25. The molecule has 9 nitrogen and oxygen atoms in total. The zero-order chi connectivity index (χ0) is 20.1. The van der Waals surface area contributed by atoms with Crippen molar-refractivity contribution in [2.75, 3.05) is 17.6 Å². The molecule has 1 amide bonds. The van der Waals surface area contributed by atoms with Gasteiger partial charge in [0.05, 0.1) is 17.8 Å². The fourth-order valence-corrected chi connectivity index (χ4v) is 3.73. The quantitative estimate of drug-likeness (QED) is 0.529. The van der Waals surface area contributed by atoms with Gasteiger partial charge in [-0.3, -0.25) is 9.52 Å². The van der Waals surface area contributed by atoms with Crippen molar-refractivity contribution in [2.24, 2.45) is 5.73 Å². The summed E-state index contributed by atoms with van der Waals surface area (Å²) >= 11 is 1.04. The molecule has 0 radical (unpaired) electrons. The van der Waals surface area contributed by atoms with E-state index in [-0.39, 0.29) is 21.8 Å². The Kier molecular flexibility index (Phi) is 5.85. The molecular weight excluding hydrogens is 404 g/mol. The second-order valence-corrected chi connectivity index (χ2v) is 8.10. The third kappa shape index (κ3) is 4.81. The second kappa shape index (κ2) is 8.31. The van der Waals surface area contributed by atoms with Crippen LogP contribution in [0.15, 0.2) is 63.1 Å². The molecule has 0 aliphatic carbocycles. The number of sulfonamides is 1. The molecule has 0 aliphatic rings. The van der Waals surface area contributed by atoms with E-state index in [4.69, 9.17) is 14.9 Å². The van der Waals surface area contributed by atoms with E-state index in [1.807, 2.05) is 0 Å². The molecule has 1 aromatic heterocycles.